The van der Waals surface area contributed by atoms with Gasteiger partial charge < -0.3 is 9.47 Å². The highest BCUT2D eigenvalue weighted by atomic mass is 16.7. The number of hydrogen-bond acceptors (Lipinski definition) is 2. The normalized spacial score (nSPS) is 35.7. The Morgan fingerprint density at radius 3 is 1.69 bits per heavy atom. The first kappa shape index (κ1) is 11.1. The van der Waals surface area contributed by atoms with Crippen LogP contribution in [0.2, 0.25) is 0 Å². The monoisotopic (exact) mass is 182 g/mol. The maximum atomic E-state index is 5.65. The molecule has 0 spiro atoms. The van der Waals surface area contributed by atoms with E-state index in [0.29, 0.717) is 11.8 Å². The average molecular weight is 182 g/mol. The van der Waals surface area contributed by atoms with Gasteiger partial charge in [-0.1, -0.05) is 27.7 Å². The molecule has 1 heterocycles. The van der Waals surface area contributed by atoms with Gasteiger partial charge in [0.1, 0.15) is 14.0 Å². The first-order valence-corrected chi connectivity index (χ1v) is 5.07. The molecule has 0 aromatic carbocycles. The van der Waals surface area contributed by atoms with Gasteiger partial charge in [0.2, 0.25) is 0 Å². The molecule has 2 nitrogen and oxygen atoms in total. The van der Waals surface area contributed by atoms with E-state index in [1.54, 1.807) is 0 Å². The summed E-state index contributed by atoms with van der Waals surface area (Å²) in [4.78, 5) is 0. The molecule has 0 aromatic rings. The van der Waals surface area contributed by atoms with Crippen molar-refractivity contribution in [2.75, 3.05) is 0 Å². The van der Waals surface area contributed by atoms with Crippen molar-refractivity contribution in [2.24, 2.45) is 11.8 Å². The van der Waals surface area contributed by atoms with E-state index >= 15 is 0 Å². The highest BCUT2D eigenvalue weighted by Gasteiger charge is 2.30. The third-order valence-corrected chi connectivity index (χ3v) is 2.57. The summed E-state index contributed by atoms with van der Waals surface area (Å²) in [6.45, 7) is 8.61. The fourth-order valence-electron chi connectivity index (χ4n) is 1.58. The molecular formula is C10H19BO2. The summed E-state index contributed by atoms with van der Waals surface area (Å²) < 4.78 is 11.0. The lowest BCUT2D eigenvalue weighted by molar-refractivity contribution is -0.221. The van der Waals surface area contributed by atoms with E-state index in [0.717, 1.165) is 6.42 Å². The summed E-state index contributed by atoms with van der Waals surface area (Å²) in [5.74, 6) is 1.02. The van der Waals surface area contributed by atoms with Gasteiger partial charge >= 0.3 is 0 Å². The van der Waals surface area contributed by atoms with Crippen LogP contribution in [0.4, 0.5) is 0 Å². The van der Waals surface area contributed by atoms with Gasteiger partial charge in [0.15, 0.2) is 0 Å². The van der Waals surface area contributed by atoms with Gasteiger partial charge in [-0.05, 0) is 11.8 Å². The number of rotatable bonds is 2. The molecule has 1 fully saturated rings. The molecule has 3 heteroatoms. The molecule has 0 amide bonds. The van der Waals surface area contributed by atoms with Crippen LogP contribution in [0.3, 0.4) is 0 Å². The van der Waals surface area contributed by atoms with E-state index in [1.807, 2.05) is 0 Å². The van der Waals surface area contributed by atoms with E-state index in [9.17, 15) is 0 Å². The van der Waals surface area contributed by atoms with Crippen molar-refractivity contribution >= 4 is 7.85 Å². The molecule has 0 bridgehead atoms. The third kappa shape index (κ3) is 2.99. The molecule has 0 aliphatic carbocycles. The first-order chi connectivity index (χ1) is 6.00. The molecule has 0 aromatic heterocycles. The zero-order valence-electron chi connectivity index (χ0n) is 8.99. The molecule has 0 N–H and O–H groups in total. The van der Waals surface area contributed by atoms with Crippen molar-refractivity contribution in [3.05, 3.63) is 0 Å². The minimum absolute atomic E-state index is 0.246. The van der Waals surface area contributed by atoms with Crippen molar-refractivity contribution < 1.29 is 9.47 Å². The SMILES string of the molecule is [B]C1OC(C(C)C)CC(C(C)C)O1. The molecule has 2 radical (unpaired) electrons. The molecule has 1 aliphatic rings. The van der Waals surface area contributed by atoms with Crippen LogP contribution in [0.15, 0.2) is 0 Å². The second-order valence-corrected chi connectivity index (χ2v) is 4.44. The van der Waals surface area contributed by atoms with Crippen molar-refractivity contribution in [2.45, 2.75) is 52.5 Å². The zero-order valence-corrected chi connectivity index (χ0v) is 8.99. The lowest BCUT2D eigenvalue weighted by Gasteiger charge is -2.38. The predicted molar refractivity (Wildman–Crippen MR) is 53.6 cm³/mol. The van der Waals surface area contributed by atoms with Gasteiger partial charge in [-0.15, -0.1) is 0 Å². The second-order valence-electron chi connectivity index (χ2n) is 4.44. The lowest BCUT2D eigenvalue weighted by atomic mass is 9.92. The molecule has 0 saturated carbocycles. The van der Waals surface area contributed by atoms with Gasteiger partial charge in [-0.2, -0.15) is 0 Å². The Labute approximate surface area is 82.4 Å². The third-order valence-electron chi connectivity index (χ3n) is 2.57. The fraction of sp³-hybridized carbons (Fsp3) is 1.00. The van der Waals surface area contributed by atoms with Crippen LogP contribution >= 0.6 is 0 Å². The van der Waals surface area contributed by atoms with E-state index in [2.05, 4.69) is 27.7 Å². The standard InChI is InChI=1S/C10H19BO2/c1-6(2)8-5-9(7(3)4)13-10(11)12-8/h6-10H,5H2,1-4H3. The largest absolute Gasteiger partial charge is 0.359 e. The first-order valence-electron chi connectivity index (χ1n) is 5.07. The summed E-state index contributed by atoms with van der Waals surface area (Å²) in [6, 6.07) is 0. The topological polar surface area (TPSA) is 18.5 Å². The van der Waals surface area contributed by atoms with Crippen LogP contribution in [0.5, 0.6) is 0 Å². The molecular weight excluding hydrogens is 163 g/mol. The van der Waals surface area contributed by atoms with Crippen molar-refractivity contribution in [3.8, 4) is 0 Å². The Kier molecular flexibility index (Phi) is 3.80. The second kappa shape index (κ2) is 4.47. The Morgan fingerprint density at radius 2 is 1.38 bits per heavy atom. The van der Waals surface area contributed by atoms with E-state index in [1.165, 1.54) is 0 Å². The highest BCUT2D eigenvalue weighted by Crippen LogP contribution is 2.26. The van der Waals surface area contributed by atoms with Gasteiger partial charge in [-0.25, -0.2) is 0 Å². The smallest absolute Gasteiger partial charge is 0.149 e. The fourth-order valence-corrected chi connectivity index (χ4v) is 1.58. The van der Waals surface area contributed by atoms with Gasteiger partial charge in [0, 0.05) is 6.42 Å². The quantitative estimate of drug-likeness (QED) is 0.607. The summed E-state index contributed by atoms with van der Waals surface area (Å²) in [7, 11) is 5.65. The lowest BCUT2D eigenvalue weighted by Crippen LogP contribution is -2.42. The summed E-state index contributed by atoms with van der Waals surface area (Å²) in [5.41, 5.74) is 0. The van der Waals surface area contributed by atoms with Crippen molar-refractivity contribution in [3.63, 3.8) is 0 Å². The maximum absolute atomic E-state index is 5.65. The predicted octanol–water partition coefficient (Wildman–Crippen LogP) is 1.92. The van der Waals surface area contributed by atoms with Gasteiger partial charge in [0.05, 0.1) is 12.2 Å². The van der Waals surface area contributed by atoms with E-state index in [4.69, 9.17) is 17.3 Å². The number of hydrogen-bond donors (Lipinski definition) is 0. The van der Waals surface area contributed by atoms with Crippen LogP contribution in [-0.4, -0.2) is 26.2 Å². The van der Waals surface area contributed by atoms with Crippen LogP contribution in [0.25, 0.3) is 0 Å². The Bertz CT molecular complexity index is 143. The van der Waals surface area contributed by atoms with E-state index < -0.39 is 6.19 Å². The minimum atomic E-state index is -0.534. The molecule has 13 heavy (non-hydrogen) atoms. The molecule has 74 valence electrons. The van der Waals surface area contributed by atoms with Crippen LogP contribution in [-0.2, 0) is 9.47 Å². The van der Waals surface area contributed by atoms with Crippen LogP contribution in [0.1, 0.15) is 34.1 Å². The zero-order chi connectivity index (χ0) is 10.0. The van der Waals surface area contributed by atoms with E-state index in [-0.39, 0.29) is 12.2 Å². The Morgan fingerprint density at radius 1 is 1.00 bits per heavy atom. The number of ether oxygens (including phenoxy) is 2. The molecule has 1 aliphatic heterocycles. The molecule has 2 atom stereocenters. The highest BCUT2D eigenvalue weighted by molar-refractivity contribution is 6.10. The maximum Gasteiger partial charge on any atom is 0.149 e. The van der Waals surface area contributed by atoms with Crippen LogP contribution < -0.4 is 0 Å². The van der Waals surface area contributed by atoms with Crippen molar-refractivity contribution in [1.29, 1.82) is 0 Å². The van der Waals surface area contributed by atoms with Gasteiger partial charge in [0.25, 0.3) is 0 Å². The van der Waals surface area contributed by atoms with Crippen LogP contribution in [0, 0.1) is 11.8 Å². The van der Waals surface area contributed by atoms with Crippen molar-refractivity contribution in [1.82, 2.24) is 0 Å². The minimum Gasteiger partial charge on any atom is -0.359 e. The average Bonchev–Trinajstić information content (AvgIpc) is 2.03. The summed E-state index contributed by atoms with van der Waals surface area (Å²) >= 11 is 0. The molecule has 2 unspecified atom stereocenters. The molecule has 1 saturated heterocycles. The van der Waals surface area contributed by atoms with Gasteiger partial charge in [-0.3, -0.25) is 0 Å². The summed E-state index contributed by atoms with van der Waals surface area (Å²) in [6.07, 6.45) is 0.920. The Hall–Kier alpha value is -0.0151. The Balaban J connectivity index is 2.52. The summed E-state index contributed by atoms with van der Waals surface area (Å²) in [5, 5.41) is 0. The molecule has 1 rings (SSSR count).